The van der Waals surface area contributed by atoms with Crippen LogP contribution in [0.2, 0.25) is 0 Å². The molecule has 2 saturated heterocycles. The number of aliphatic hydroxyl groups excluding tert-OH is 1. The van der Waals surface area contributed by atoms with Crippen LogP contribution < -0.4 is 4.90 Å². The first-order valence-corrected chi connectivity index (χ1v) is 11.8. The van der Waals surface area contributed by atoms with Crippen molar-refractivity contribution in [3.8, 4) is 11.3 Å². The van der Waals surface area contributed by atoms with E-state index in [0.29, 0.717) is 41.4 Å². The summed E-state index contributed by atoms with van der Waals surface area (Å²) in [6.07, 6.45) is 4.27. The van der Waals surface area contributed by atoms with Gasteiger partial charge in [-0.3, -0.25) is 0 Å². The molecular formula is C27H29FN4O3. The number of hydrogen-bond acceptors (Lipinski definition) is 7. The molecule has 8 heteroatoms. The maximum atomic E-state index is 15.1. The van der Waals surface area contributed by atoms with Gasteiger partial charge >= 0.3 is 0 Å². The first-order chi connectivity index (χ1) is 17.0. The van der Waals surface area contributed by atoms with Crippen LogP contribution in [-0.4, -0.2) is 66.5 Å². The summed E-state index contributed by atoms with van der Waals surface area (Å²) in [5.41, 5.74) is 3.78. The molecule has 0 spiro atoms. The molecule has 3 aromatic rings. The van der Waals surface area contributed by atoms with Gasteiger partial charge in [0.05, 0.1) is 37.3 Å². The van der Waals surface area contributed by atoms with Gasteiger partial charge < -0.3 is 24.4 Å². The highest BCUT2D eigenvalue weighted by Gasteiger charge is 2.21. The first kappa shape index (κ1) is 23.3. The molecule has 2 aromatic carbocycles. The van der Waals surface area contributed by atoms with Crippen molar-refractivity contribution in [2.45, 2.75) is 13.0 Å². The fraction of sp³-hybridized carbons (Fsp3) is 0.333. The fourth-order valence-electron chi connectivity index (χ4n) is 4.26. The Labute approximate surface area is 204 Å². The third-order valence-corrected chi connectivity index (χ3v) is 6.51. The highest BCUT2D eigenvalue weighted by atomic mass is 19.1. The van der Waals surface area contributed by atoms with Crippen LogP contribution in [0.5, 0.6) is 0 Å². The number of hydrogen-bond donors (Lipinski definition) is 1. The minimum atomic E-state index is -0.980. The SMILES string of the molecule is COC(C)=C(C=CN1CC1)C(O)c1ccc(F)c(-c2ncnc3cc(N4CCOCC4)ccc23)c1. The lowest BCUT2D eigenvalue weighted by molar-refractivity contribution is 0.122. The Hall–Kier alpha value is -3.49. The van der Waals surface area contributed by atoms with E-state index < -0.39 is 11.9 Å². The Balaban J connectivity index is 1.52. The Bertz CT molecular complexity index is 1280. The number of halogens is 1. The number of anilines is 1. The summed E-state index contributed by atoms with van der Waals surface area (Å²) < 4.78 is 25.9. The number of benzene rings is 2. The summed E-state index contributed by atoms with van der Waals surface area (Å²) >= 11 is 0. The molecule has 2 aliphatic rings. The number of aromatic nitrogens is 2. The number of methoxy groups -OCH3 is 1. The number of fused-ring (bicyclic) bond motifs is 1. The molecule has 35 heavy (non-hydrogen) atoms. The summed E-state index contributed by atoms with van der Waals surface area (Å²) in [6, 6.07) is 10.6. The Morgan fingerprint density at radius 1 is 1.11 bits per heavy atom. The van der Waals surface area contributed by atoms with Crippen molar-refractivity contribution in [2.24, 2.45) is 0 Å². The second kappa shape index (κ2) is 10.0. The summed E-state index contributed by atoms with van der Waals surface area (Å²) in [5, 5.41) is 11.9. The van der Waals surface area contributed by atoms with E-state index in [-0.39, 0.29) is 0 Å². The zero-order valence-electron chi connectivity index (χ0n) is 19.9. The van der Waals surface area contributed by atoms with Crippen LogP contribution in [0.1, 0.15) is 18.6 Å². The number of ether oxygens (including phenoxy) is 2. The van der Waals surface area contributed by atoms with Crippen molar-refractivity contribution in [3.63, 3.8) is 0 Å². The molecule has 0 radical (unpaired) electrons. The van der Waals surface area contributed by atoms with Gasteiger partial charge in [0, 0.05) is 48.4 Å². The molecule has 0 bridgehead atoms. The van der Waals surface area contributed by atoms with Crippen molar-refractivity contribution in [1.82, 2.24) is 14.9 Å². The number of nitrogens with zero attached hydrogens (tertiary/aromatic N) is 4. The van der Waals surface area contributed by atoms with Gasteiger partial charge in [-0.1, -0.05) is 6.07 Å². The number of aliphatic hydroxyl groups is 1. The minimum Gasteiger partial charge on any atom is -0.501 e. The van der Waals surface area contributed by atoms with Crippen LogP contribution in [0.15, 0.2) is 66.3 Å². The van der Waals surface area contributed by atoms with Crippen molar-refractivity contribution in [3.05, 3.63) is 77.7 Å². The number of rotatable bonds is 7. The summed E-state index contributed by atoms with van der Waals surface area (Å²) in [5.74, 6) is 0.191. The van der Waals surface area contributed by atoms with Crippen LogP contribution in [0.3, 0.4) is 0 Å². The molecular weight excluding hydrogens is 447 g/mol. The van der Waals surface area contributed by atoms with Crippen molar-refractivity contribution >= 4 is 16.6 Å². The molecule has 1 N–H and O–H groups in total. The van der Waals surface area contributed by atoms with E-state index in [0.717, 1.165) is 42.8 Å². The van der Waals surface area contributed by atoms with Crippen LogP contribution in [0.4, 0.5) is 10.1 Å². The predicted molar refractivity (Wildman–Crippen MR) is 133 cm³/mol. The predicted octanol–water partition coefficient (Wildman–Crippen LogP) is 4.06. The average Bonchev–Trinajstić information content (AvgIpc) is 3.73. The van der Waals surface area contributed by atoms with Crippen LogP contribution in [-0.2, 0) is 9.47 Å². The van der Waals surface area contributed by atoms with Gasteiger partial charge in [-0.25, -0.2) is 14.4 Å². The van der Waals surface area contributed by atoms with Crippen LogP contribution >= 0.6 is 0 Å². The molecule has 3 heterocycles. The molecule has 182 valence electrons. The van der Waals surface area contributed by atoms with Gasteiger partial charge in [0.15, 0.2) is 0 Å². The van der Waals surface area contributed by atoms with Crippen LogP contribution in [0.25, 0.3) is 22.2 Å². The second-order valence-corrected chi connectivity index (χ2v) is 8.73. The van der Waals surface area contributed by atoms with Gasteiger partial charge in [0.1, 0.15) is 18.2 Å². The monoisotopic (exact) mass is 476 g/mol. The first-order valence-electron chi connectivity index (χ1n) is 11.8. The molecule has 2 fully saturated rings. The lowest BCUT2D eigenvalue weighted by Crippen LogP contribution is -2.36. The van der Waals surface area contributed by atoms with Gasteiger partial charge in [0.25, 0.3) is 0 Å². The highest BCUT2D eigenvalue weighted by Crippen LogP contribution is 2.34. The van der Waals surface area contributed by atoms with Crippen molar-refractivity contribution in [1.29, 1.82) is 0 Å². The quantitative estimate of drug-likeness (QED) is 0.313. The van der Waals surface area contributed by atoms with Gasteiger partial charge in [-0.05, 0) is 55.1 Å². The number of allylic oxidation sites excluding steroid dienone is 1. The largest absolute Gasteiger partial charge is 0.501 e. The Morgan fingerprint density at radius 2 is 1.91 bits per heavy atom. The Morgan fingerprint density at radius 3 is 2.66 bits per heavy atom. The Kier molecular flexibility index (Phi) is 6.66. The van der Waals surface area contributed by atoms with E-state index in [2.05, 4.69) is 19.8 Å². The molecule has 0 amide bonds. The molecule has 2 aliphatic heterocycles. The molecule has 0 saturated carbocycles. The van der Waals surface area contributed by atoms with E-state index in [9.17, 15) is 5.11 Å². The molecule has 1 unspecified atom stereocenters. The molecule has 7 nitrogen and oxygen atoms in total. The highest BCUT2D eigenvalue weighted by molar-refractivity contribution is 5.94. The van der Waals surface area contributed by atoms with E-state index in [4.69, 9.17) is 9.47 Å². The lowest BCUT2D eigenvalue weighted by atomic mass is 9.96. The summed E-state index contributed by atoms with van der Waals surface area (Å²) in [4.78, 5) is 13.2. The minimum absolute atomic E-state index is 0.317. The van der Waals surface area contributed by atoms with Crippen LogP contribution in [0, 0.1) is 5.82 Å². The molecule has 5 rings (SSSR count). The third kappa shape index (κ3) is 4.99. The maximum absolute atomic E-state index is 15.1. The standard InChI is InChI=1S/C27H29FN4O3/c1-18(34-2)21(7-8-31-9-10-31)27(33)19-3-6-24(28)23(15-19)26-22-5-4-20(16-25(22)29-17-30-26)32-11-13-35-14-12-32/h3-8,15-17,27,33H,9-14H2,1-2H3. The maximum Gasteiger partial charge on any atom is 0.132 e. The lowest BCUT2D eigenvalue weighted by Gasteiger charge is -2.29. The molecule has 1 atom stereocenters. The number of morpholine rings is 1. The van der Waals surface area contributed by atoms with E-state index in [1.807, 2.05) is 30.5 Å². The summed E-state index contributed by atoms with van der Waals surface area (Å²) in [7, 11) is 1.57. The smallest absolute Gasteiger partial charge is 0.132 e. The summed E-state index contributed by atoms with van der Waals surface area (Å²) in [6.45, 7) is 6.84. The second-order valence-electron chi connectivity index (χ2n) is 8.73. The zero-order chi connectivity index (χ0) is 24.4. The normalized spacial score (nSPS) is 17.6. The van der Waals surface area contributed by atoms with Crippen molar-refractivity contribution in [2.75, 3.05) is 51.4 Å². The van der Waals surface area contributed by atoms with Crippen molar-refractivity contribution < 1.29 is 19.0 Å². The zero-order valence-corrected chi connectivity index (χ0v) is 19.9. The van der Waals surface area contributed by atoms with E-state index in [1.54, 1.807) is 26.2 Å². The van der Waals surface area contributed by atoms with Gasteiger partial charge in [-0.2, -0.15) is 0 Å². The van der Waals surface area contributed by atoms with Gasteiger partial charge in [0.2, 0.25) is 0 Å². The fourth-order valence-corrected chi connectivity index (χ4v) is 4.26. The molecule has 0 aliphatic carbocycles. The van der Waals surface area contributed by atoms with E-state index in [1.165, 1.54) is 12.4 Å². The third-order valence-electron chi connectivity index (χ3n) is 6.51. The van der Waals surface area contributed by atoms with Gasteiger partial charge in [-0.15, -0.1) is 0 Å². The topological polar surface area (TPSA) is 70.7 Å². The molecule has 1 aromatic heterocycles. The average molecular weight is 477 g/mol. The van der Waals surface area contributed by atoms with E-state index >= 15 is 4.39 Å².